The second-order valence-electron chi connectivity index (χ2n) is 5.99. The average molecular weight is 368 g/mol. The van der Waals surface area contributed by atoms with E-state index in [2.05, 4.69) is 15.3 Å². The standard InChI is InChI=1S/C19H20N4O4/c1-12-20-7-6-16(21-12)13-4-3-5-14(10-13)22-17-15(19(26)27-2)11-23(8-9-24)18(17)25/h3-7,10,22,24H,8-9,11H2,1-2H3. The van der Waals surface area contributed by atoms with Crippen molar-refractivity contribution in [1.29, 1.82) is 0 Å². The molecule has 0 saturated heterocycles. The summed E-state index contributed by atoms with van der Waals surface area (Å²) in [6, 6.07) is 9.16. The van der Waals surface area contributed by atoms with Crippen LogP contribution in [0.2, 0.25) is 0 Å². The highest BCUT2D eigenvalue weighted by molar-refractivity contribution is 6.08. The number of nitrogens with one attached hydrogen (secondary N) is 1. The number of aliphatic hydroxyl groups excluding tert-OH is 1. The molecule has 0 saturated carbocycles. The smallest absolute Gasteiger partial charge is 0.337 e. The quantitative estimate of drug-likeness (QED) is 0.736. The molecule has 1 aliphatic heterocycles. The average Bonchev–Trinajstić information content (AvgIpc) is 2.98. The largest absolute Gasteiger partial charge is 0.466 e. The topological polar surface area (TPSA) is 105 Å². The van der Waals surface area contributed by atoms with E-state index in [1.165, 1.54) is 12.0 Å². The monoisotopic (exact) mass is 368 g/mol. The number of aryl methyl sites for hydroxylation is 1. The molecule has 0 bridgehead atoms. The fourth-order valence-electron chi connectivity index (χ4n) is 2.87. The van der Waals surface area contributed by atoms with Gasteiger partial charge in [0.05, 0.1) is 31.5 Å². The first kappa shape index (κ1) is 18.5. The minimum absolute atomic E-state index is 0.0964. The Hall–Kier alpha value is -3.26. The highest BCUT2D eigenvalue weighted by atomic mass is 16.5. The fraction of sp³-hybridized carbons (Fsp3) is 0.263. The Morgan fingerprint density at radius 3 is 2.89 bits per heavy atom. The first-order valence-electron chi connectivity index (χ1n) is 8.42. The molecule has 8 heteroatoms. The normalized spacial score (nSPS) is 13.9. The number of nitrogens with zero attached hydrogens (tertiary/aromatic N) is 3. The number of aliphatic hydroxyl groups is 1. The lowest BCUT2D eigenvalue weighted by molar-refractivity contribution is -0.136. The van der Waals surface area contributed by atoms with Gasteiger partial charge in [0.1, 0.15) is 11.5 Å². The Kier molecular flexibility index (Phi) is 5.46. The Bertz CT molecular complexity index is 910. The number of anilines is 1. The molecule has 8 nitrogen and oxygen atoms in total. The molecule has 0 fully saturated rings. The molecule has 1 aliphatic rings. The van der Waals surface area contributed by atoms with Gasteiger partial charge in [0, 0.05) is 24.0 Å². The zero-order valence-electron chi connectivity index (χ0n) is 15.1. The first-order chi connectivity index (χ1) is 13.0. The third kappa shape index (κ3) is 3.95. The number of methoxy groups -OCH3 is 1. The molecule has 0 aliphatic carbocycles. The Morgan fingerprint density at radius 2 is 2.19 bits per heavy atom. The summed E-state index contributed by atoms with van der Waals surface area (Å²) in [5.41, 5.74) is 2.64. The zero-order chi connectivity index (χ0) is 19.4. The number of ether oxygens (including phenoxy) is 1. The summed E-state index contributed by atoms with van der Waals surface area (Å²) in [6.07, 6.45) is 1.68. The molecule has 2 N–H and O–H groups in total. The van der Waals surface area contributed by atoms with Crippen molar-refractivity contribution in [3.05, 3.63) is 53.6 Å². The molecule has 1 amide bonds. The summed E-state index contributed by atoms with van der Waals surface area (Å²) >= 11 is 0. The Labute approximate surface area is 156 Å². The Balaban J connectivity index is 1.91. The number of carbonyl (C=O) groups is 2. The van der Waals surface area contributed by atoms with Gasteiger partial charge in [-0.15, -0.1) is 0 Å². The molecule has 2 aromatic rings. The highest BCUT2D eigenvalue weighted by Crippen LogP contribution is 2.25. The number of hydrogen-bond acceptors (Lipinski definition) is 7. The molecule has 0 atom stereocenters. The van der Waals surface area contributed by atoms with Gasteiger partial charge >= 0.3 is 5.97 Å². The molecule has 0 radical (unpaired) electrons. The van der Waals surface area contributed by atoms with E-state index in [-0.39, 0.29) is 36.9 Å². The number of hydrogen-bond donors (Lipinski definition) is 2. The van der Waals surface area contributed by atoms with E-state index in [0.717, 1.165) is 11.3 Å². The van der Waals surface area contributed by atoms with E-state index < -0.39 is 5.97 Å². The maximum absolute atomic E-state index is 12.6. The molecule has 140 valence electrons. The second-order valence-corrected chi connectivity index (χ2v) is 5.99. The molecule has 3 rings (SSSR count). The van der Waals surface area contributed by atoms with E-state index in [4.69, 9.17) is 9.84 Å². The molecule has 1 aromatic carbocycles. The van der Waals surface area contributed by atoms with Crippen LogP contribution in [-0.4, -0.2) is 58.7 Å². The summed E-state index contributed by atoms with van der Waals surface area (Å²) < 4.78 is 4.79. The van der Waals surface area contributed by atoms with Crippen LogP contribution < -0.4 is 5.32 Å². The number of β-amino-alcohol motifs (C(OH)–C–C–N with tert-alkyl or cyclic N) is 1. The number of benzene rings is 1. The van der Waals surface area contributed by atoms with Gasteiger partial charge in [-0.1, -0.05) is 12.1 Å². The third-order valence-corrected chi connectivity index (χ3v) is 4.16. The van der Waals surface area contributed by atoms with Crippen LogP contribution >= 0.6 is 0 Å². The van der Waals surface area contributed by atoms with Crippen molar-refractivity contribution in [3.8, 4) is 11.3 Å². The van der Waals surface area contributed by atoms with Gasteiger partial charge in [0.2, 0.25) is 0 Å². The summed E-state index contributed by atoms with van der Waals surface area (Å²) in [5.74, 6) is -0.270. The number of amides is 1. The fourth-order valence-corrected chi connectivity index (χ4v) is 2.87. The van der Waals surface area contributed by atoms with Crippen molar-refractivity contribution in [2.75, 3.05) is 32.1 Å². The SMILES string of the molecule is COC(=O)C1=C(Nc2cccc(-c3ccnc(C)n3)c2)C(=O)N(CCO)C1. The van der Waals surface area contributed by atoms with Gasteiger partial charge in [-0.2, -0.15) is 0 Å². The van der Waals surface area contributed by atoms with Crippen molar-refractivity contribution in [3.63, 3.8) is 0 Å². The minimum Gasteiger partial charge on any atom is -0.466 e. The predicted molar refractivity (Wildman–Crippen MR) is 98.5 cm³/mol. The number of rotatable bonds is 6. The summed E-state index contributed by atoms with van der Waals surface area (Å²) in [6.45, 7) is 1.87. The molecule has 2 heterocycles. The van der Waals surface area contributed by atoms with Crippen LogP contribution in [0.1, 0.15) is 5.82 Å². The van der Waals surface area contributed by atoms with E-state index in [0.29, 0.717) is 11.5 Å². The van der Waals surface area contributed by atoms with Crippen LogP contribution in [0.5, 0.6) is 0 Å². The summed E-state index contributed by atoms with van der Waals surface area (Å²) in [4.78, 5) is 34.5. The molecular weight excluding hydrogens is 348 g/mol. The van der Waals surface area contributed by atoms with Gasteiger partial charge in [0.15, 0.2) is 0 Å². The number of aromatic nitrogens is 2. The lowest BCUT2D eigenvalue weighted by Gasteiger charge is -2.15. The molecule has 0 spiro atoms. The van der Waals surface area contributed by atoms with Crippen molar-refractivity contribution >= 4 is 17.6 Å². The van der Waals surface area contributed by atoms with Crippen LogP contribution in [0.15, 0.2) is 47.8 Å². The highest BCUT2D eigenvalue weighted by Gasteiger charge is 2.34. The predicted octanol–water partition coefficient (Wildman–Crippen LogP) is 1.13. The van der Waals surface area contributed by atoms with Gasteiger partial charge in [0.25, 0.3) is 5.91 Å². The van der Waals surface area contributed by atoms with E-state index in [1.807, 2.05) is 25.1 Å². The van der Waals surface area contributed by atoms with E-state index in [1.54, 1.807) is 18.3 Å². The molecule has 27 heavy (non-hydrogen) atoms. The van der Waals surface area contributed by atoms with Crippen LogP contribution in [-0.2, 0) is 14.3 Å². The van der Waals surface area contributed by atoms with Crippen LogP contribution in [0, 0.1) is 6.92 Å². The van der Waals surface area contributed by atoms with Gasteiger partial charge in [-0.25, -0.2) is 14.8 Å². The summed E-state index contributed by atoms with van der Waals surface area (Å²) in [7, 11) is 1.27. The van der Waals surface area contributed by atoms with E-state index in [9.17, 15) is 9.59 Å². The maximum Gasteiger partial charge on any atom is 0.337 e. The van der Waals surface area contributed by atoms with Gasteiger partial charge in [-0.05, 0) is 25.1 Å². The van der Waals surface area contributed by atoms with Crippen LogP contribution in [0.3, 0.4) is 0 Å². The molecular formula is C19H20N4O4. The number of carbonyl (C=O) groups excluding carboxylic acids is 2. The molecule has 1 aromatic heterocycles. The van der Waals surface area contributed by atoms with Crippen LogP contribution in [0.25, 0.3) is 11.3 Å². The lowest BCUT2D eigenvalue weighted by atomic mass is 10.1. The van der Waals surface area contributed by atoms with Crippen molar-refractivity contribution in [1.82, 2.24) is 14.9 Å². The first-order valence-corrected chi connectivity index (χ1v) is 8.42. The molecule has 0 unspecified atom stereocenters. The van der Waals surface area contributed by atoms with Crippen molar-refractivity contribution < 1.29 is 19.4 Å². The zero-order valence-corrected chi connectivity index (χ0v) is 15.1. The second kappa shape index (κ2) is 7.96. The third-order valence-electron chi connectivity index (χ3n) is 4.16. The van der Waals surface area contributed by atoms with Crippen LogP contribution in [0.4, 0.5) is 5.69 Å². The lowest BCUT2D eigenvalue weighted by Crippen LogP contribution is -2.31. The van der Waals surface area contributed by atoms with Crippen molar-refractivity contribution in [2.24, 2.45) is 0 Å². The summed E-state index contributed by atoms with van der Waals surface area (Å²) in [5, 5.41) is 12.2. The maximum atomic E-state index is 12.6. The number of esters is 1. The van der Waals surface area contributed by atoms with Crippen molar-refractivity contribution in [2.45, 2.75) is 6.92 Å². The van der Waals surface area contributed by atoms with Gasteiger partial charge in [-0.3, -0.25) is 4.79 Å². The minimum atomic E-state index is -0.575. The Morgan fingerprint density at radius 1 is 1.37 bits per heavy atom. The van der Waals surface area contributed by atoms with E-state index >= 15 is 0 Å². The van der Waals surface area contributed by atoms with Gasteiger partial charge < -0.3 is 20.1 Å².